The van der Waals surface area contributed by atoms with Crippen molar-refractivity contribution in [1.29, 1.82) is 0 Å². The van der Waals surface area contributed by atoms with E-state index in [1.54, 1.807) is 56.7 Å². The summed E-state index contributed by atoms with van der Waals surface area (Å²) < 4.78 is 10.5. The van der Waals surface area contributed by atoms with Gasteiger partial charge in [-0.1, -0.05) is 35.5 Å². The number of carbonyl (C=O) groups excluding carboxylic acids is 1. The van der Waals surface area contributed by atoms with Crippen LogP contribution in [-0.2, 0) is 0 Å². The molecule has 3 aromatic rings. The van der Waals surface area contributed by atoms with Crippen LogP contribution in [0.25, 0.3) is 11.4 Å². The molecule has 0 saturated carbocycles. The van der Waals surface area contributed by atoms with E-state index in [-0.39, 0.29) is 11.5 Å². The van der Waals surface area contributed by atoms with Crippen LogP contribution in [-0.4, -0.2) is 40.9 Å². The number of thioether (sulfide) groups is 1. The lowest BCUT2D eigenvalue weighted by molar-refractivity contribution is 0.102. The number of H-pyrrole nitrogens is 1. The number of nitrogens with one attached hydrogen (secondary N) is 1. The van der Waals surface area contributed by atoms with Gasteiger partial charge in [-0.2, -0.15) is 0 Å². The van der Waals surface area contributed by atoms with Crippen molar-refractivity contribution in [2.45, 2.75) is 5.16 Å². The summed E-state index contributed by atoms with van der Waals surface area (Å²) in [7, 11) is 3.14. The number of hydrogen-bond acceptors (Lipinski definition) is 6. The van der Waals surface area contributed by atoms with Crippen LogP contribution >= 0.6 is 23.4 Å². The molecule has 0 amide bonds. The van der Waals surface area contributed by atoms with Gasteiger partial charge in [-0.15, -0.1) is 5.10 Å². The monoisotopic (exact) mass is 389 g/mol. The van der Waals surface area contributed by atoms with Crippen molar-refractivity contribution in [3.63, 3.8) is 0 Å². The summed E-state index contributed by atoms with van der Waals surface area (Å²) in [5.41, 5.74) is 1.29. The summed E-state index contributed by atoms with van der Waals surface area (Å²) in [6.07, 6.45) is 0. The highest BCUT2D eigenvalue weighted by Crippen LogP contribution is 2.31. The van der Waals surface area contributed by atoms with Crippen molar-refractivity contribution < 1.29 is 14.3 Å². The number of carbonyl (C=O) groups is 1. The lowest BCUT2D eigenvalue weighted by Crippen LogP contribution is -2.02. The van der Waals surface area contributed by atoms with Crippen LogP contribution in [0.15, 0.2) is 47.6 Å². The fourth-order valence-electron chi connectivity index (χ4n) is 2.31. The lowest BCUT2D eigenvalue weighted by Gasteiger charge is -2.05. The predicted molar refractivity (Wildman–Crippen MR) is 101 cm³/mol. The van der Waals surface area contributed by atoms with Gasteiger partial charge < -0.3 is 9.47 Å². The summed E-state index contributed by atoms with van der Waals surface area (Å²) in [5.74, 6) is 2.00. The average molecular weight is 390 g/mol. The van der Waals surface area contributed by atoms with Gasteiger partial charge in [0.2, 0.25) is 5.16 Å². The van der Waals surface area contributed by atoms with Crippen molar-refractivity contribution in [2.24, 2.45) is 0 Å². The van der Waals surface area contributed by atoms with Crippen molar-refractivity contribution in [3.8, 4) is 22.9 Å². The summed E-state index contributed by atoms with van der Waals surface area (Å²) in [6.45, 7) is 0. The summed E-state index contributed by atoms with van der Waals surface area (Å²) in [4.78, 5) is 16.7. The highest BCUT2D eigenvalue weighted by atomic mass is 35.5. The first-order valence-corrected chi connectivity index (χ1v) is 9.03. The molecular weight excluding hydrogens is 374 g/mol. The summed E-state index contributed by atoms with van der Waals surface area (Å²) >= 11 is 7.30. The van der Waals surface area contributed by atoms with Crippen molar-refractivity contribution in [1.82, 2.24) is 15.2 Å². The van der Waals surface area contributed by atoms with Gasteiger partial charge in [0.15, 0.2) is 11.6 Å². The number of methoxy groups -OCH3 is 2. The molecule has 26 heavy (non-hydrogen) atoms. The van der Waals surface area contributed by atoms with Gasteiger partial charge in [-0.3, -0.25) is 9.89 Å². The first kappa shape index (κ1) is 18.3. The molecule has 0 spiro atoms. The molecule has 1 N–H and O–H groups in total. The molecule has 0 aliphatic rings. The van der Waals surface area contributed by atoms with E-state index in [0.717, 1.165) is 0 Å². The van der Waals surface area contributed by atoms with Gasteiger partial charge in [0.25, 0.3) is 0 Å². The van der Waals surface area contributed by atoms with E-state index in [4.69, 9.17) is 21.1 Å². The van der Waals surface area contributed by atoms with Gasteiger partial charge in [0.05, 0.1) is 25.5 Å². The Morgan fingerprint density at radius 1 is 1.19 bits per heavy atom. The molecule has 3 rings (SSSR count). The molecule has 0 unspecified atom stereocenters. The third kappa shape index (κ3) is 4.17. The lowest BCUT2D eigenvalue weighted by atomic mass is 10.1. The fraction of sp³-hybridized carbons (Fsp3) is 0.167. The molecule has 0 aliphatic heterocycles. The molecule has 0 bridgehead atoms. The maximum absolute atomic E-state index is 12.3. The number of nitrogens with zero attached hydrogens (tertiary/aromatic N) is 2. The predicted octanol–water partition coefficient (Wildman–Crippen LogP) is 4.12. The molecular formula is C18H16ClN3O3S. The van der Waals surface area contributed by atoms with Crippen LogP contribution in [0.4, 0.5) is 0 Å². The Morgan fingerprint density at radius 3 is 2.81 bits per heavy atom. The highest BCUT2D eigenvalue weighted by molar-refractivity contribution is 7.99. The Kier molecular flexibility index (Phi) is 5.80. The SMILES string of the molecule is COc1cccc(C(=O)CSc2n[nH]c(-c3cc(Cl)ccc3OC)n2)c1. The first-order chi connectivity index (χ1) is 12.6. The third-order valence-corrected chi connectivity index (χ3v) is 4.69. The van der Waals surface area contributed by atoms with Crippen LogP contribution in [0.2, 0.25) is 5.02 Å². The van der Waals surface area contributed by atoms with E-state index in [9.17, 15) is 4.79 Å². The maximum atomic E-state index is 12.3. The van der Waals surface area contributed by atoms with Crippen LogP contribution in [0, 0.1) is 0 Å². The number of ketones is 1. The molecule has 0 aliphatic carbocycles. The second-order valence-corrected chi connectivity index (χ2v) is 6.63. The molecule has 0 radical (unpaired) electrons. The second kappa shape index (κ2) is 8.25. The summed E-state index contributed by atoms with van der Waals surface area (Å²) in [6, 6.07) is 12.3. The van der Waals surface area contributed by atoms with Crippen LogP contribution in [0.1, 0.15) is 10.4 Å². The number of Topliss-reactive ketones (excluding diaryl/α,β-unsaturated/α-hetero) is 1. The zero-order chi connectivity index (χ0) is 18.5. The van der Waals surface area contributed by atoms with E-state index in [1.165, 1.54) is 11.8 Å². The topological polar surface area (TPSA) is 77.1 Å². The minimum atomic E-state index is -0.0272. The second-order valence-electron chi connectivity index (χ2n) is 5.26. The Labute approximate surface area is 159 Å². The number of halogens is 1. The van der Waals surface area contributed by atoms with Gasteiger partial charge >= 0.3 is 0 Å². The first-order valence-electron chi connectivity index (χ1n) is 7.67. The minimum absolute atomic E-state index is 0.0272. The standard InChI is InChI=1S/C18H16ClN3O3S/c1-24-13-5-3-4-11(8-13)15(23)10-26-18-20-17(21-22-18)14-9-12(19)6-7-16(14)25-2/h3-9H,10H2,1-2H3,(H,20,21,22). The van der Waals surface area contributed by atoms with Gasteiger partial charge in [-0.25, -0.2) is 4.98 Å². The Bertz CT molecular complexity index is 930. The molecule has 8 heteroatoms. The zero-order valence-electron chi connectivity index (χ0n) is 14.2. The van der Waals surface area contributed by atoms with Crippen molar-refractivity contribution >= 4 is 29.1 Å². The van der Waals surface area contributed by atoms with Gasteiger partial charge in [-0.05, 0) is 30.3 Å². The molecule has 0 atom stereocenters. The molecule has 0 fully saturated rings. The number of benzene rings is 2. The molecule has 134 valence electrons. The number of hydrogen-bond donors (Lipinski definition) is 1. The third-order valence-electron chi connectivity index (χ3n) is 3.61. The quantitative estimate of drug-likeness (QED) is 0.484. The van der Waals surface area contributed by atoms with E-state index in [2.05, 4.69) is 15.2 Å². The Balaban J connectivity index is 1.71. The number of rotatable bonds is 7. The van der Waals surface area contributed by atoms with Crippen molar-refractivity contribution in [3.05, 3.63) is 53.1 Å². The molecule has 1 heterocycles. The fourth-order valence-corrected chi connectivity index (χ4v) is 3.17. The van der Waals surface area contributed by atoms with Crippen molar-refractivity contribution in [2.75, 3.05) is 20.0 Å². The van der Waals surface area contributed by atoms with E-state index in [1.807, 2.05) is 0 Å². The maximum Gasteiger partial charge on any atom is 0.209 e. The molecule has 6 nitrogen and oxygen atoms in total. The van der Waals surface area contributed by atoms with Crippen LogP contribution < -0.4 is 9.47 Å². The van der Waals surface area contributed by atoms with Crippen LogP contribution in [0.3, 0.4) is 0 Å². The number of ether oxygens (including phenoxy) is 2. The normalized spacial score (nSPS) is 10.6. The molecule has 0 saturated heterocycles. The van der Waals surface area contributed by atoms with Crippen LogP contribution in [0.5, 0.6) is 11.5 Å². The zero-order valence-corrected chi connectivity index (χ0v) is 15.7. The van der Waals surface area contributed by atoms with E-state index >= 15 is 0 Å². The van der Waals surface area contributed by atoms with Gasteiger partial charge in [0, 0.05) is 10.6 Å². The summed E-state index contributed by atoms with van der Waals surface area (Å²) in [5, 5.41) is 8.04. The molecule has 2 aromatic carbocycles. The average Bonchev–Trinajstić information content (AvgIpc) is 3.15. The largest absolute Gasteiger partial charge is 0.497 e. The Morgan fingerprint density at radius 2 is 2.04 bits per heavy atom. The molecule has 1 aromatic heterocycles. The highest BCUT2D eigenvalue weighted by Gasteiger charge is 2.14. The smallest absolute Gasteiger partial charge is 0.209 e. The number of aromatic nitrogens is 3. The van der Waals surface area contributed by atoms with E-state index in [0.29, 0.717) is 38.6 Å². The minimum Gasteiger partial charge on any atom is -0.497 e. The number of aromatic amines is 1. The van der Waals surface area contributed by atoms with E-state index < -0.39 is 0 Å². The van der Waals surface area contributed by atoms with Gasteiger partial charge in [0.1, 0.15) is 11.5 Å². The Hall–Kier alpha value is -2.51.